The predicted molar refractivity (Wildman–Crippen MR) is 132 cm³/mol. The second-order valence-corrected chi connectivity index (χ2v) is 9.61. The third-order valence-corrected chi connectivity index (χ3v) is 6.70. The molecule has 1 heterocycles. The van der Waals surface area contributed by atoms with E-state index in [-0.39, 0.29) is 24.1 Å². The van der Waals surface area contributed by atoms with Crippen molar-refractivity contribution in [1.29, 1.82) is 0 Å². The number of amides is 1. The van der Waals surface area contributed by atoms with Crippen LogP contribution in [0.4, 0.5) is 0 Å². The molecular weight excluding hydrogens is 438 g/mol. The minimum absolute atomic E-state index is 0.187. The van der Waals surface area contributed by atoms with Crippen molar-refractivity contribution in [3.05, 3.63) is 52.0 Å². The number of carboxylic acid groups (broad SMARTS) is 1. The number of thiazole rings is 1. The second kappa shape index (κ2) is 13.4. The van der Waals surface area contributed by atoms with Crippen LogP contribution in [-0.4, -0.2) is 47.7 Å². The highest BCUT2D eigenvalue weighted by atomic mass is 32.1. The number of carbonyl (C=O) groups excluding carboxylic acids is 1. The topological polar surface area (TPSA) is 101 Å². The zero-order chi connectivity index (χ0) is 24.4. The zero-order valence-corrected chi connectivity index (χ0v) is 21.0. The van der Waals surface area contributed by atoms with E-state index in [1.807, 2.05) is 44.3 Å². The first-order chi connectivity index (χ1) is 15.7. The van der Waals surface area contributed by atoms with Crippen molar-refractivity contribution in [2.75, 3.05) is 13.7 Å². The summed E-state index contributed by atoms with van der Waals surface area (Å²) < 4.78 is 5.95. The molecule has 7 nitrogen and oxygen atoms in total. The summed E-state index contributed by atoms with van der Waals surface area (Å²) in [6.07, 6.45) is 1.48. The van der Waals surface area contributed by atoms with Crippen LogP contribution >= 0.6 is 11.3 Å². The average Bonchev–Trinajstić information content (AvgIpc) is 3.27. The molecule has 3 N–H and O–H groups in total. The summed E-state index contributed by atoms with van der Waals surface area (Å²) in [4.78, 5) is 29.0. The van der Waals surface area contributed by atoms with E-state index in [1.54, 1.807) is 12.3 Å². The third-order valence-electron chi connectivity index (χ3n) is 5.76. The Morgan fingerprint density at radius 3 is 2.42 bits per heavy atom. The summed E-state index contributed by atoms with van der Waals surface area (Å²) in [6, 6.07) is 9.72. The first-order valence-electron chi connectivity index (χ1n) is 11.6. The van der Waals surface area contributed by atoms with E-state index in [4.69, 9.17) is 4.74 Å². The van der Waals surface area contributed by atoms with Gasteiger partial charge in [0.1, 0.15) is 16.8 Å². The van der Waals surface area contributed by atoms with Crippen molar-refractivity contribution in [2.45, 2.75) is 65.1 Å². The first kappa shape index (κ1) is 27.0. The molecule has 0 fully saturated rings. The third kappa shape index (κ3) is 8.53. The summed E-state index contributed by atoms with van der Waals surface area (Å²) in [5.41, 5.74) is 1.38. The van der Waals surface area contributed by atoms with Gasteiger partial charge in [0.2, 0.25) is 0 Å². The Balaban J connectivity index is 2.14. The number of carboxylic acids is 1. The van der Waals surface area contributed by atoms with Crippen LogP contribution in [-0.2, 0) is 16.0 Å². The highest BCUT2D eigenvalue weighted by molar-refractivity contribution is 7.09. The molecule has 2 rings (SSSR count). The lowest BCUT2D eigenvalue weighted by molar-refractivity contribution is -0.141. The Hall–Kier alpha value is -2.29. The normalized spacial score (nSPS) is 15.1. The molecule has 0 spiro atoms. The van der Waals surface area contributed by atoms with Crippen molar-refractivity contribution in [3.63, 3.8) is 0 Å². The van der Waals surface area contributed by atoms with Gasteiger partial charge in [0.05, 0.1) is 5.92 Å². The van der Waals surface area contributed by atoms with E-state index >= 15 is 0 Å². The van der Waals surface area contributed by atoms with Gasteiger partial charge in [0.25, 0.3) is 5.91 Å². The summed E-state index contributed by atoms with van der Waals surface area (Å²) in [7, 11) is 1.94. The van der Waals surface area contributed by atoms with E-state index < -0.39 is 11.9 Å². The maximum atomic E-state index is 13.0. The molecular formula is C25H37N3O4S. The van der Waals surface area contributed by atoms with Crippen LogP contribution in [0.25, 0.3) is 0 Å². The van der Waals surface area contributed by atoms with Crippen molar-refractivity contribution < 1.29 is 19.4 Å². The van der Waals surface area contributed by atoms with Gasteiger partial charge in [-0.2, -0.15) is 0 Å². The highest BCUT2D eigenvalue weighted by Crippen LogP contribution is 2.28. The fraction of sp³-hybridized carbons (Fsp3) is 0.560. The number of ether oxygens (including phenoxy) is 1. The van der Waals surface area contributed by atoms with Gasteiger partial charge in [0, 0.05) is 24.1 Å². The smallest absolute Gasteiger partial charge is 0.306 e. The molecule has 0 bridgehead atoms. The number of nitrogens with one attached hydrogen (secondary N) is 2. The van der Waals surface area contributed by atoms with Crippen LogP contribution in [0.2, 0.25) is 0 Å². The molecule has 0 aliphatic carbocycles. The van der Waals surface area contributed by atoms with Gasteiger partial charge in [-0.3, -0.25) is 9.59 Å². The second-order valence-electron chi connectivity index (χ2n) is 8.72. The fourth-order valence-electron chi connectivity index (χ4n) is 3.81. The number of nitrogens with zero attached hydrogens (tertiary/aromatic N) is 1. The zero-order valence-electron chi connectivity index (χ0n) is 20.2. The Labute approximate surface area is 201 Å². The molecule has 1 aromatic heterocycles. The summed E-state index contributed by atoms with van der Waals surface area (Å²) in [5, 5.41) is 18.2. The number of benzene rings is 1. The van der Waals surface area contributed by atoms with Crippen LogP contribution in [0.3, 0.4) is 0 Å². The molecule has 0 aliphatic heterocycles. The van der Waals surface area contributed by atoms with Gasteiger partial charge in [-0.15, -0.1) is 11.3 Å². The van der Waals surface area contributed by atoms with Gasteiger partial charge in [0.15, 0.2) is 0 Å². The number of aliphatic carboxylic acids is 1. The summed E-state index contributed by atoms with van der Waals surface area (Å²) >= 11 is 1.42. The van der Waals surface area contributed by atoms with Crippen LogP contribution in [0.15, 0.2) is 35.7 Å². The SMILES string of the molecule is CCO[C@H](C[C@@H](NC)C(C)C)c1nc(C(=O)NC(Cc2ccccc2)CC(C)C(=O)O)cs1. The molecule has 4 atom stereocenters. The van der Waals surface area contributed by atoms with Crippen LogP contribution in [0.1, 0.15) is 67.7 Å². The van der Waals surface area contributed by atoms with Gasteiger partial charge in [-0.05, 0) is 44.7 Å². The van der Waals surface area contributed by atoms with Crippen LogP contribution in [0, 0.1) is 11.8 Å². The molecule has 182 valence electrons. The van der Waals surface area contributed by atoms with Crippen molar-refractivity contribution >= 4 is 23.2 Å². The molecule has 0 aliphatic rings. The maximum Gasteiger partial charge on any atom is 0.306 e. The molecule has 33 heavy (non-hydrogen) atoms. The Morgan fingerprint density at radius 2 is 1.85 bits per heavy atom. The van der Waals surface area contributed by atoms with Crippen molar-refractivity contribution in [3.8, 4) is 0 Å². The predicted octanol–water partition coefficient (Wildman–Crippen LogP) is 4.31. The number of rotatable bonds is 14. The minimum Gasteiger partial charge on any atom is -0.481 e. The number of hydrogen-bond donors (Lipinski definition) is 3. The van der Waals surface area contributed by atoms with E-state index in [9.17, 15) is 14.7 Å². The van der Waals surface area contributed by atoms with Gasteiger partial charge in [-0.1, -0.05) is 51.1 Å². The standard InChI is InChI=1S/C25H37N3O4S/c1-6-32-22(14-20(26-5)16(2)3)24-28-21(15-33-24)23(29)27-19(12-17(4)25(30)31)13-18-10-8-7-9-11-18/h7-11,15-17,19-20,22,26H,6,12-14H2,1-5H3,(H,27,29)(H,30,31)/t17?,19?,20-,22-/m1/s1. The highest BCUT2D eigenvalue weighted by Gasteiger charge is 2.25. The molecule has 0 saturated carbocycles. The Bertz CT molecular complexity index is 872. The number of hydrogen-bond acceptors (Lipinski definition) is 6. The maximum absolute atomic E-state index is 13.0. The van der Waals surface area contributed by atoms with E-state index in [1.165, 1.54) is 11.3 Å². The Morgan fingerprint density at radius 1 is 1.15 bits per heavy atom. The molecule has 0 saturated heterocycles. The molecule has 2 unspecified atom stereocenters. The van der Waals surface area contributed by atoms with Crippen LogP contribution < -0.4 is 10.6 Å². The molecule has 1 amide bonds. The molecule has 0 radical (unpaired) electrons. The van der Waals surface area contributed by atoms with Crippen molar-refractivity contribution in [1.82, 2.24) is 15.6 Å². The monoisotopic (exact) mass is 475 g/mol. The molecule has 2 aromatic rings. The Kier molecular flexibility index (Phi) is 11.0. The van der Waals surface area contributed by atoms with Crippen molar-refractivity contribution in [2.24, 2.45) is 11.8 Å². The first-order valence-corrected chi connectivity index (χ1v) is 12.4. The lowest BCUT2D eigenvalue weighted by Gasteiger charge is -2.24. The molecule has 8 heteroatoms. The fourth-order valence-corrected chi connectivity index (χ4v) is 4.67. The number of aromatic nitrogens is 1. The quantitative estimate of drug-likeness (QED) is 0.377. The van der Waals surface area contributed by atoms with E-state index in [0.29, 0.717) is 31.1 Å². The minimum atomic E-state index is -0.873. The average molecular weight is 476 g/mol. The van der Waals surface area contributed by atoms with E-state index in [0.717, 1.165) is 17.0 Å². The lowest BCUT2D eigenvalue weighted by Crippen LogP contribution is -2.38. The van der Waals surface area contributed by atoms with E-state index in [2.05, 4.69) is 29.5 Å². The number of carbonyl (C=O) groups is 2. The van der Waals surface area contributed by atoms with Gasteiger partial charge < -0.3 is 20.5 Å². The summed E-state index contributed by atoms with van der Waals surface area (Å²) in [6.45, 7) is 8.50. The summed E-state index contributed by atoms with van der Waals surface area (Å²) in [5.74, 6) is -1.29. The van der Waals surface area contributed by atoms with Gasteiger partial charge >= 0.3 is 5.97 Å². The van der Waals surface area contributed by atoms with Crippen LogP contribution in [0.5, 0.6) is 0 Å². The largest absolute Gasteiger partial charge is 0.481 e. The lowest BCUT2D eigenvalue weighted by atomic mass is 9.96. The molecule has 1 aromatic carbocycles. The van der Waals surface area contributed by atoms with Gasteiger partial charge in [-0.25, -0.2) is 4.98 Å².